The van der Waals surface area contributed by atoms with Crippen LogP contribution in [0.25, 0.3) is 0 Å². The summed E-state index contributed by atoms with van der Waals surface area (Å²) in [7, 11) is -3.48. The molecule has 7 nitrogen and oxygen atoms in total. The lowest BCUT2D eigenvalue weighted by Crippen LogP contribution is -2.49. The van der Waals surface area contributed by atoms with E-state index in [4.69, 9.17) is 10.9 Å². The fourth-order valence-electron chi connectivity index (χ4n) is 1.95. The smallest absolute Gasteiger partial charge is 0.279 e. The normalized spacial score (nSPS) is 25.0. The Morgan fingerprint density at radius 1 is 1.61 bits per heavy atom. The maximum atomic E-state index is 12.1. The summed E-state index contributed by atoms with van der Waals surface area (Å²) in [6, 6.07) is 0.0235. The van der Waals surface area contributed by atoms with Crippen molar-refractivity contribution in [1.29, 1.82) is 0 Å². The van der Waals surface area contributed by atoms with Gasteiger partial charge in [0.25, 0.3) is 10.2 Å². The van der Waals surface area contributed by atoms with Crippen LogP contribution in [-0.2, 0) is 10.2 Å². The lowest BCUT2D eigenvalue weighted by molar-refractivity contribution is 0.265. The highest BCUT2D eigenvalue weighted by atomic mass is 32.2. The van der Waals surface area contributed by atoms with E-state index >= 15 is 0 Å². The molecule has 0 spiro atoms. The molecule has 106 valence electrons. The van der Waals surface area contributed by atoms with Crippen molar-refractivity contribution in [3.05, 3.63) is 0 Å². The number of piperidine rings is 1. The summed E-state index contributed by atoms with van der Waals surface area (Å²) >= 11 is 0. The van der Waals surface area contributed by atoms with Gasteiger partial charge in [-0.05, 0) is 19.8 Å². The van der Waals surface area contributed by atoms with E-state index in [1.165, 1.54) is 4.31 Å². The van der Waals surface area contributed by atoms with E-state index in [1.54, 1.807) is 6.92 Å². The Balaban J connectivity index is 2.59. The zero-order valence-electron chi connectivity index (χ0n) is 10.8. The van der Waals surface area contributed by atoms with E-state index in [0.29, 0.717) is 6.54 Å². The monoisotopic (exact) mass is 278 g/mol. The van der Waals surface area contributed by atoms with Crippen molar-refractivity contribution in [3.8, 4) is 0 Å². The van der Waals surface area contributed by atoms with Crippen LogP contribution in [0, 0.1) is 5.92 Å². The second-order valence-corrected chi connectivity index (χ2v) is 6.44. The number of hydrogen-bond donors (Lipinski definition) is 3. The van der Waals surface area contributed by atoms with Crippen LogP contribution >= 0.6 is 0 Å². The Morgan fingerprint density at radius 2 is 2.28 bits per heavy atom. The highest BCUT2D eigenvalue weighted by Gasteiger charge is 2.29. The van der Waals surface area contributed by atoms with Gasteiger partial charge < -0.3 is 10.9 Å². The number of rotatable bonds is 5. The first-order valence-corrected chi connectivity index (χ1v) is 7.56. The van der Waals surface area contributed by atoms with Gasteiger partial charge in [0.05, 0.1) is 0 Å². The lowest BCUT2D eigenvalue weighted by atomic mass is 10.1. The first kappa shape index (κ1) is 15.2. The molecule has 0 aromatic heterocycles. The van der Waals surface area contributed by atoms with Crippen LogP contribution in [-0.4, -0.2) is 42.9 Å². The molecule has 18 heavy (non-hydrogen) atoms. The van der Waals surface area contributed by atoms with E-state index in [1.807, 2.05) is 6.92 Å². The molecule has 0 radical (unpaired) electrons. The largest absolute Gasteiger partial charge is 0.409 e. The maximum Gasteiger partial charge on any atom is 0.279 e. The molecule has 1 aliphatic rings. The minimum absolute atomic E-state index is 0.0180. The van der Waals surface area contributed by atoms with Crippen molar-refractivity contribution in [1.82, 2.24) is 9.03 Å². The highest BCUT2D eigenvalue weighted by Crippen LogP contribution is 2.19. The van der Waals surface area contributed by atoms with Crippen LogP contribution in [0.1, 0.15) is 33.1 Å². The van der Waals surface area contributed by atoms with Crippen LogP contribution in [0.4, 0.5) is 0 Å². The minimum Gasteiger partial charge on any atom is -0.409 e. The molecule has 1 aliphatic heterocycles. The van der Waals surface area contributed by atoms with E-state index in [9.17, 15) is 8.42 Å². The molecule has 2 atom stereocenters. The quantitative estimate of drug-likeness (QED) is 0.286. The van der Waals surface area contributed by atoms with Crippen LogP contribution < -0.4 is 10.5 Å². The molecule has 8 heteroatoms. The van der Waals surface area contributed by atoms with Gasteiger partial charge in [-0.2, -0.15) is 12.7 Å². The first-order valence-electron chi connectivity index (χ1n) is 6.12. The number of amidine groups is 1. The molecule has 0 amide bonds. The highest BCUT2D eigenvalue weighted by molar-refractivity contribution is 7.87. The van der Waals surface area contributed by atoms with Gasteiger partial charge in [-0.25, -0.2) is 4.72 Å². The van der Waals surface area contributed by atoms with Crippen molar-refractivity contribution in [2.75, 3.05) is 13.1 Å². The Morgan fingerprint density at radius 3 is 2.83 bits per heavy atom. The summed E-state index contributed by atoms with van der Waals surface area (Å²) in [5.41, 5.74) is 5.40. The van der Waals surface area contributed by atoms with Crippen molar-refractivity contribution in [3.63, 3.8) is 0 Å². The molecule has 0 aliphatic carbocycles. The van der Waals surface area contributed by atoms with Crippen LogP contribution in [0.3, 0.4) is 0 Å². The Hall–Kier alpha value is -0.860. The lowest BCUT2D eigenvalue weighted by Gasteiger charge is -2.32. The first-order chi connectivity index (χ1) is 8.38. The van der Waals surface area contributed by atoms with Crippen molar-refractivity contribution >= 4 is 16.0 Å². The Labute approximate surface area is 108 Å². The predicted octanol–water partition coefficient (Wildman–Crippen LogP) is 0.0777. The summed E-state index contributed by atoms with van der Waals surface area (Å²) in [6.07, 6.45) is 2.84. The van der Waals surface area contributed by atoms with Crippen LogP contribution in [0.2, 0.25) is 0 Å². The molecule has 4 N–H and O–H groups in total. The second-order valence-electron chi connectivity index (χ2n) is 4.73. The van der Waals surface area contributed by atoms with E-state index in [0.717, 1.165) is 19.3 Å². The van der Waals surface area contributed by atoms with Gasteiger partial charge in [0, 0.05) is 25.0 Å². The van der Waals surface area contributed by atoms with Crippen molar-refractivity contribution < 1.29 is 13.6 Å². The maximum absolute atomic E-state index is 12.1. The number of nitrogens with zero attached hydrogens (tertiary/aromatic N) is 2. The molecule has 1 saturated heterocycles. The fraction of sp³-hybridized carbons (Fsp3) is 0.900. The number of nitrogens with two attached hydrogens (primary N) is 1. The molecule has 0 aromatic rings. The minimum atomic E-state index is -3.48. The molecular formula is C10H22N4O3S. The average molecular weight is 278 g/mol. The summed E-state index contributed by atoms with van der Waals surface area (Å²) in [4.78, 5) is 0. The van der Waals surface area contributed by atoms with Gasteiger partial charge in [0.15, 0.2) is 0 Å². The summed E-state index contributed by atoms with van der Waals surface area (Å²) < 4.78 is 28.1. The topological polar surface area (TPSA) is 108 Å². The third kappa shape index (κ3) is 3.82. The third-order valence-corrected chi connectivity index (χ3v) is 4.93. The molecule has 0 aromatic carbocycles. The zero-order valence-corrected chi connectivity index (χ0v) is 11.7. The standard InChI is InChI=1S/C10H22N4O3S/c1-8(10(11)13-15)7-12-18(16,17)14-6-4-3-5-9(14)2/h8-9,12,15H,3-7H2,1-2H3,(H2,11,13). The van der Waals surface area contributed by atoms with Crippen molar-refractivity contribution in [2.45, 2.75) is 39.2 Å². The SMILES string of the molecule is CC(CNS(=O)(=O)N1CCCCC1C)C(N)=NO. The molecule has 1 rings (SSSR count). The average Bonchev–Trinajstić information content (AvgIpc) is 2.35. The van der Waals surface area contributed by atoms with Gasteiger partial charge in [0.2, 0.25) is 0 Å². The molecule has 0 bridgehead atoms. The van der Waals surface area contributed by atoms with Gasteiger partial charge in [-0.3, -0.25) is 0 Å². The van der Waals surface area contributed by atoms with Crippen LogP contribution in [0.15, 0.2) is 5.16 Å². The Bertz CT molecular complexity index is 396. The second kappa shape index (κ2) is 6.35. The summed E-state index contributed by atoms with van der Waals surface area (Å²) in [6.45, 7) is 4.28. The molecule has 1 heterocycles. The van der Waals surface area contributed by atoms with Crippen molar-refractivity contribution in [2.24, 2.45) is 16.8 Å². The number of oxime groups is 1. The van der Waals surface area contributed by atoms with Gasteiger partial charge in [0.1, 0.15) is 5.84 Å². The zero-order chi connectivity index (χ0) is 13.8. The third-order valence-electron chi connectivity index (χ3n) is 3.24. The predicted molar refractivity (Wildman–Crippen MR) is 69.5 cm³/mol. The van der Waals surface area contributed by atoms with Gasteiger partial charge in [-0.15, -0.1) is 0 Å². The molecule has 0 saturated carbocycles. The summed E-state index contributed by atoms with van der Waals surface area (Å²) in [5.74, 6) is -0.325. The van der Waals surface area contributed by atoms with Gasteiger partial charge in [-0.1, -0.05) is 18.5 Å². The number of hydrogen-bond acceptors (Lipinski definition) is 4. The van der Waals surface area contributed by atoms with E-state index < -0.39 is 10.2 Å². The summed E-state index contributed by atoms with van der Waals surface area (Å²) in [5, 5.41) is 11.4. The molecular weight excluding hydrogens is 256 g/mol. The molecule has 2 unspecified atom stereocenters. The van der Waals surface area contributed by atoms with E-state index in [2.05, 4.69) is 9.88 Å². The number of nitrogens with one attached hydrogen (secondary N) is 1. The fourth-order valence-corrected chi connectivity index (χ4v) is 3.52. The Kier molecular flexibility index (Phi) is 5.36. The van der Waals surface area contributed by atoms with E-state index in [-0.39, 0.29) is 24.3 Å². The van der Waals surface area contributed by atoms with Gasteiger partial charge >= 0.3 is 0 Å². The van der Waals surface area contributed by atoms with Crippen LogP contribution in [0.5, 0.6) is 0 Å². The molecule has 1 fully saturated rings.